The Balaban J connectivity index is 1.47. The van der Waals surface area contributed by atoms with E-state index >= 15 is 0 Å². The summed E-state index contributed by atoms with van der Waals surface area (Å²) in [7, 11) is 1.63. The van der Waals surface area contributed by atoms with Crippen LogP contribution in [0.5, 0.6) is 5.75 Å². The number of hydrogen-bond donors (Lipinski definition) is 1. The molecule has 1 fully saturated rings. The van der Waals surface area contributed by atoms with Crippen LogP contribution >= 0.6 is 0 Å². The van der Waals surface area contributed by atoms with Crippen molar-refractivity contribution in [2.45, 2.75) is 46.1 Å². The zero-order chi connectivity index (χ0) is 22.7. The molecule has 0 aliphatic carbocycles. The lowest BCUT2D eigenvalue weighted by molar-refractivity contribution is -0.0705. The molecule has 2 unspecified atom stereocenters. The predicted molar refractivity (Wildman–Crippen MR) is 126 cm³/mol. The van der Waals surface area contributed by atoms with Gasteiger partial charge in [0.15, 0.2) is 0 Å². The van der Waals surface area contributed by atoms with Crippen LogP contribution in [0.1, 0.15) is 41.0 Å². The number of morpholine rings is 1. The van der Waals surface area contributed by atoms with E-state index in [4.69, 9.17) is 9.47 Å². The number of carbonyl (C=O) groups excluding carboxylic acids is 1. The topological polar surface area (TPSA) is 63.7 Å². The number of carbonyl (C=O) groups is 1. The monoisotopic (exact) mass is 433 g/mol. The van der Waals surface area contributed by atoms with Crippen LogP contribution in [0, 0.1) is 6.92 Å². The highest BCUT2D eigenvalue weighted by atomic mass is 16.5. The van der Waals surface area contributed by atoms with Crippen LogP contribution in [-0.4, -0.2) is 48.2 Å². The quantitative estimate of drug-likeness (QED) is 0.634. The second-order valence-corrected chi connectivity index (χ2v) is 8.58. The average Bonchev–Trinajstić information content (AvgIpc) is 2.76. The molecule has 2 heterocycles. The fourth-order valence-electron chi connectivity index (χ4n) is 4.41. The van der Waals surface area contributed by atoms with Crippen LogP contribution in [0.15, 0.2) is 48.5 Å². The number of methoxy groups -OCH3 is 1. The summed E-state index contributed by atoms with van der Waals surface area (Å²) in [5.41, 5.74) is 4.47. The summed E-state index contributed by atoms with van der Waals surface area (Å²) in [6.07, 6.45) is 0.461. The number of amides is 1. The van der Waals surface area contributed by atoms with Crippen LogP contribution in [-0.2, 0) is 17.8 Å². The maximum absolute atomic E-state index is 13.0. The molecule has 0 bridgehead atoms. The molecule has 168 valence electrons. The van der Waals surface area contributed by atoms with Gasteiger partial charge in [-0.1, -0.05) is 24.3 Å². The minimum Gasteiger partial charge on any atom is -0.497 e. The van der Waals surface area contributed by atoms with Crippen molar-refractivity contribution in [3.63, 3.8) is 0 Å². The lowest BCUT2D eigenvalue weighted by atomic mass is 10.1. The molecule has 2 atom stereocenters. The van der Waals surface area contributed by atoms with Gasteiger partial charge in [-0.2, -0.15) is 0 Å². The third-order valence-corrected chi connectivity index (χ3v) is 5.91. The van der Waals surface area contributed by atoms with Crippen molar-refractivity contribution in [2.75, 3.05) is 20.2 Å². The maximum atomic E-state index is 13.0. The van der Waals surface area contributed by atoms with E-state index in [1.54, 1.807) is 7.11 Å². The van der Waals surface area contributed by atoms with E-state index in [9.17, 15) is 4.79 Å². The predicted octanol–water partition coefficient (Wildman–Crippen LogP) is 4.09. The van der Waals surface area contributed by atoms with Gasteiger partial charge in [0.2, 0.25) is 0 Å². The fraction of sp³-hybridized carbons (Fsp3) is 0.385. The first kappa shape index (κ1) is 22.2. The van der Waals surface area contributed by atoms with Crippen molar-refractivity contribution in [3.05, 3.63) is 70.9 Å². The molecule has 2 aromatic carbocycles. The number of nitrogens with zero attached hydrogens (tertiary/aromatic N) is 2. The molecule has 0 spiro atoms. The second kappa shape index (κ2) is 9.67. The lowest BCUT2D eigenvalue weighted by Crippen LogP contribution is -2.45. The van der Waals surface area contributed by atoms with Gasteiger partial charge in [-0.05, 0) is 50.1 Å². The van der Waals surface area contributed by atoms with Crippen molar-refractivity contribution >= 4 is 16.8 Å². The SMILES string of the molecule is COc1ccc2cc(C(=O)NCc3ccccc3CN3CC(C)OC(C)C3)c(C)nc2c1. The summed E-state index contributed by atoms with van der Waals surface area (Å²) in [5.74, 6) is 0.637. The van der Waals surface area contributed by atoms with Gasteiger partial charge in [-0.3, -0.25) is 14.7 Å². The van der Waals surface area contributed by atoms with E-state index in [1.165, 1.54) is 5.56 Å². The number of ether oxygens (including phenoxy) is 2. The first-order valence-electron chi connectivity index (χ1n) is 11.1. The van der Waals surface area contributed by atoms with Crippen molar-refractivity contribution in [1.82, 2.24) is 15.2 Å². The van der Waals surface area contributed by atoms with Crippen LogP contribution in [0.4, 0.5) is 0 Å². The van der Waals surface area contributed by atoms with Crippen molar-refractivity contribution in [2.24, 2.45) is 0 Å². The molecule has 1 amide bonds. The van der Waals surface area contributed by atoms with Gasteiger partial charge in [-0.25, -0.2) is 0 Å². The minimum atomic E-state index is -0.115. The Morgan fingerprint density at radius 3 is 2.56 bits per heavy atom. The first-order chi connectivity index (χ1) is 15.4. The third-order valence-electron chi connectivity index (χ3n) is 5.91. The van der Waals surface area contributed by atoms with Gasteiger partial charge in [0, 0.05) is 37.6 Å². The molecule has 0 saturated carbocycles. The number of aromatic nitrogens is 1. The van der Waals surface area contributed by atoms with Crippen molar-refractivity contribution in [3.8, 4) is 5.75 Å². The zero-order valence-corrected chi connectivity index (χ0v) is 19.2. The second-order valence-electron chi connectivity index (χ2n) is 8.58. The number of aryl methyl sites for hydroxylation is 1. The Labute approximate surface area is 189 Å². The molecule has 3 aromatic rings. The average molecular weight is 434 g/mol. The Bertz CT molecular complexity index is 1100. The summed E-state index contributed by atoms with van der Waals surface area (Å²) in [5, 5.41) is 4.01. The standard InChI is InChI=1S/C26H31N3O3/c1-17-14-29(15-18(2)32-17)16-22-8-6-5-7-21(22)13-27-26(30)24-11-20-9-10-23(31-4)12-25(20)28-19(24)3/h5-12,17-18H,13-16H2,1-4H3,(H,27,30). The molecular weight excluding hydrogens is 402 g/mol. The lowest BCUT2D eigenvalue weighted by Gasteiger charge is -2.35. The molecule has 32 heavy (non-hydrogen) atoms. The van der Waals surface area contributed by atoms with Crippen molar-refractivity contribution < 1.29 is 14.3 Å². The van der Waals surface area contributed by atoms with Gasteiger partial charge in [0.1, 0.15) is 5.75 Å². The highest BCUT2D eigenvalue weighted by molar-refractivity contribution is 5.98. The summed E-state index contributed by atoms with van der Waals surface area (Å²) >= 11 is 0. The van der Waals surface area contributed by atoms with E-state index in [1.807, 2.05) is 37.3 Å². The van der Waals surface area contributed by atoms with E-state index < -0.39 is 0 Å². The first-order valence-corrected chi connectivity index (χ1v) is 11.1. The van der Waals surface area contributed by atoms with E-state index in [0.29, 0.717) is 17.8 Å². The number of nitrogens with one attached hydrogen (secondary N) is 1. The smallest absolute Gasteiger partial charge is 0.253 e. The number of hydrogen-bond acceptors (Lipinski definition) is 5. The highest BCUT2D eigenvalue weighted by Crippen LogP contribution is 2.22. The number of benzene rings is 2. The van der Waals surface area contributed by atoms with E-state index in [-0.39, 0.29) is 18.1 Å². The van der Waals surface area contributed by atoms with Gasteiger partial charge in [0.25, 0.3) is 5.91 Å². The minimum absolute atomic E-state index is 0.115. The Morgan fingerprint density at radius 2 is 1.84 bits per heavy atom. The molecule has 1 saturated heterocycles. The van der Waals surface area contributed by atoms with Crippen LogP contribution in [0.2, 0.25) is 0 Å². The number of pyridine rings is 1. The molecule has 0 radical (unpaired) electrons. The van der Waals surface area contributed by atoms with Crippen LogP contribution < -0.4 is 10.1 Å². The summed E-state index contributed by atoms with van der Waals surface area (Å²) in [6.45, 7) is 9.25. The van der Waals surface area contributed by atoms with Crippen LogP contribution in [0.25, 0.3) is 10.9 Å². The number of rotatable bonds is 6. The highest BCUT2D eigenvalue weighted by Gasteiger charge is 2.22. The third kappa shape index (κ3) is 5.09. The maximum Gasteiger partial charge on any atom is 0.253 e. The molecule has 6 nitrogen and oxygen atoms in total. The summed E-state index contributed by atoms with van der Waals surface area (Å²) in [6, 6.07) is 15.9. The summed E-state index contributed by atoms with van der Waals surface area (Å²) in [4.78, 5) is 20.0. The van der Waals surface area contributed by atoms with Crippen molar-refractivity contribution in [1.29, 1.82) is 0 Å². The van der Waals surface area contributed by atoms with Gasteiger partial charge >= 0.3 is 0 Å². The molecule has 1 aliphatic heterocycles. The van der Waals surface area contributed by atoms with Gasteiger partial charge in [-0.15, -0.1) is 0 Å². The molecule has 1 N–H and O–H groups in total. The van der Waals surface area contributed by atoms with E-state index in [0.717, 1.165) is 41.9 Å². The Hall–Kier alpha value is -2.96. The number of fused-ring (bicyclic) bond motifs is 1. The Morgan fingerprint density at radius 1 is 1.12 bits per heavy atom. The van der Waals surface area contributed by atoms with E-state index in [2.05, 4.69) is 47.2 Å². The molecule has 1 aromatic heterocycles. The largest absolute Gasteiger partial charge is 0.497 e. The Kier molecular flexibility index (Phi) is 6.72. The summed E-state index contributed by atoms with van der Waals surface area (Å²) < 4.78 is 11.1. The fourth-order valence-corrected chi connectivity index (χ4v) is 4.41. The van der Waals surface area contributed by atoms with Gasteiger partial charge < -0.3 is 14.8 Å². The molecular formula is C26H31N3O3. The zero-order valence-electron chi connectivity index (χ0n) is 19.2. The molecule has 1 aliphatic rings. The molecule has 4 rings (SSSR count). The normalized spacial score (nSPS) is 19.1. The van der Waals surface area contributed by atoms with Crippen LogP contribution in [0.3, 0.4) is 0 Å². The molecule has 6 heteroatoms. The van der Waals surface area contributed by atoms with Gasteiger partial charge in [0.05, 0.1) is 36.1 Å².